The number of hydrogen-bond donors (Lipinski definition) is 0. The summed E-state index contributed by atoms with van der Waals surface area (Å²) in [5.41, 5.74) is 2.24. The molecule has 0 atom stereocenters. The summed E-state index contributed by atoms with van der Waals surface area (Å²) in [4.78, 5) is 16.8. The molecular weight excluding hydrogens is 427 g/mol. The van der Waals surface area contributed by atoms with Crippen LogP contribution in [0.4, 0.5) is 0 Å². The molecule has 0 radical (unpaired) electrons. The second kappa shape index (κ2) is 7.74. The van der Waals surface area contributed by atoms with E-state index in [1.54, 1.807) is 0 Å². The maximum atomic E-state index is 11.8. The van der Waals surface area contributed by atoms with Crippen molar-refractivity contribution in [1.29, 1.82) is 0 Å². The van der Waals surface area contributed by atoms with Crippen LogP contribution in [0.5, 0.6) is 0 Å². The van der Waals surface area contributed by atoms with Crippen molar-refractivity contribution in [3.8, 4) is 0 Å². The van der Waals surface area contributed by atoms with Gasteiger partial charge in [-0.25, -0.2) is 0 Å². The summed E-state index contributed by atoms with van der Waals surface area (Å²) < 4.78 is 9.49. The number of carbonyl (C=O) groups excluding carboxylic acids is 1. The van der Waals surface area contributed by atoms with Gasteiger partial charge in [0.1, 0.15) is 0 Å². The summed E-state index contributed by atoms with van der Waals surface area (Å²) in [6.45, 7) is 11.4. The van der Waals surface area contributed by atoms with Gasteiger partial charge < -0.3 is 0 Å². The van der Waals surface area contributed by atoms with Crippen LogP contribution in [0.3, 0.4) is 0 Å². The van der Waals surface area contributed by atoms with Gasteiger partial charge in [0.15, 0.2) is 0 Å². The first kappa shape index (κ1) is 18.8. The fraction of sp³-hybridized carbons (Fsp3) is 0.600. The molecule has 1 aliphatic rings. The van der Waals surface area contributed by atoms with Crippen LogP contribution in [0.2, 0.25) is 0 Å². The summed E-state index contributed by atoms with van der Waals surface area (Å²) in [6.07, 6.45) is 2.88. The van der Waals surface area contributed by atoms with Crippen molar-refractivity contribution in [2.75, 3.05) is 13.2 Å². The number of benzene rings is 1. The Morgan fingerprint density at radius 1 is 1.32 bits per heavy atom. The number of nitrogens with zero attached hydrogens (tertiary/aromatic N) is 2. The molecular formula is C20H28IN2O2-. The summed E-state index contributed by atoms with van der Waals surface area (Å²) in [6, 6.07) is 6.46. The molecule has 2 aromatic rings. The molecule has 4 nitrogen and oxygen atoms in total. The SMILES string of the molecule is CCC(=O)[I-]c1ccc2c(c1)nc(C(C)(C)C)n2CC1CCOCC1. The maximum absolute atomic E-state index is 11.8. The van der Waals surface area contributed by atoms with Crippen molar-refractivity contribution in [2.24, 2.45) is 5.92 Å². The summed E-state index contributed by atoms with van der Waals surface area (Å²) in [5, 5.41) is 0. The predicted octanol–water partition coefficient (Wildman–Crippen LogP) is 0.956. The Kier molecular flexibility index (Phi) is 5.83. The predicted molar refractivity (Wildman–Crippen MR) is 96.0 cm³/mol. The van der Waals surface area contributed by atoms with Gasteiger partial charge in [-0.1, -0.05) is 0 Å². The molecule has 3 rings (SSSR count). The van der Waals surface area contributed by atoms with Gasteiger partial charge in [0.05, 0.1) is 0 Å². The van der Waals surface area contributed by atoms with Crippen molar-refractivity contribution in [2.45, 2.75) is 58.9 Å². The Labute approximate surface area is 160 Å². The number of imidazole rings is 1. The van der Waals surface area contributed by atoms with Gasteiger partial charge in [-0.2, -0.15) is 0 Å². The zero-order chi connectivity index (χ0) is 18.0. The first-order valence-electron chi connectivity index (χ1n) is 9.14. The van der Waals surface area contributed by atoms with Crippen LogP contribution in [0, 0.1) is 9.49 Å². The monoisotopic (exact) mass is 455 g/mol. The van der Waals surface area contributed by atoms with Crippen molar-refractivity contribution in [3.63, 3.8) is 0 Å². The van der Waals surface area contributed by atoms with Gasteiger partial charge in [-0.05, 0) is 0 Å². The average molecular weight is 455 g/mol. The van der Waals surface area contributed by atoms with E-state index in [1.807, 2.05) is 6.92 Å². The molecule has 138 valence electrons. The number of hydrogen-bond acceptors (Lipinski definition) is 3. The van der Waals surface area contributed by atoms with E-state index in [1.165, 1.54) is 9.09 Å². The molecule has 0 amide bonds. The topological polar surface area (TPSA) is 44.1 Å². The summed E-state index contributed by atoms with van der Waals surface area (Å²) in [7, 11) is 0. The average Bonchev–Trinajstić information content (AvgIpc) is 2.94. The molecule has 1 aromatic heterocycles. The van der Waals surface area contributed by atoms with Crippen LogP contribution in [0.25, 0.3) is 11.0 Å². The third-order valence-corrected chi connectivity index (χ3v) is 7.31. The molecule has 0 N–H and O–H groups in total. The second-order valence-corrected chi connectivity index (χ2v) is 10.8. The quantitative estimate of drug-likeness (QED) is 0.499. The molecule has 0 bridgehead atoms. The number of rotatable bonds is 5. The first-order chi connectivity index (χ1) is 11.9. The van der Waals surface area contributed by atoms with E-state index >= 15 is 0 Å². The fourth-order valence-electron chi connectivity index (χ4n) is 3.29. The summed E-state index contributed by atoms with van der Waals surface area (Å²) >= 11 is -0.562. The normalized spacial score (nSPS) is 16.6. The number of carbonyl (C=O) groups is 1. The number of ether oxygens (including phenoxy) is 1. The van der Waals surface area contributed by atoms with E-state index in [-0.39, 0.29) is 5.41 Å². The van der Waals surface area contributed by atoms with Gasteiger partial charge in [0, 0.05) is 0 Å². The van der Waals surface area contributed by atoms with Crippen LogP contribution in [-0.4, -0.2) is 26.6 Å². The molecule has 0 saturated carbocycles. The standard InChI is InChI=1S/C20H28IN2O2/c1-5-18(24)21-15-6-7-17-16(12-15)22-19(20(2,3)4)23(17)13-14-8-10-25-11-9-14/h6-7,12,14H,5,8-11,13H2,1-4H3/q-1. The first-order valence-corrected chi connectivity index (χ1v) is 11.3. The third-order valence-electron chi connectivity index (χ3n) is 4.66. The zero-order valence-electron chi connectivity index (χ0n) is 15.6. The zero-order valence-corrected chi connectivity index (χ0v) is 17.8. The van der Waals surface area contributed by atoms with E-state index in [0.29, 0.717) is 16.1 Å². The Morgan fingerprint density at radius 3 is 2.68 bits per heavy atom. The number of halogens is 1. The van der Waals surface area contributed by atoms with Crippen LogP contribution in [-0.2, 0) is 21.5 Å². The van der Waals surface area contributed by atoms with Gasteiger partial charge in [0.2, 0.25) is 0 Å². The van der Waals surface area contributed by atoms with Gasteiger partial charge in [0.25, 0.3) is 0 Å². The van der Waals surface area contributed by atoms with E-state index in [2.05, 4.69) is 43.5 Å². The molecule has 1 aliphatic heterocycles. The van der Waals surface area contributed by atoms with E-state index in [0.717, 1.165) is 43.9 Å². The minimum atomic E-state index is -0.562. The fourth-order valence-corrected chi connectivity index (χ4v) is 5.18. The minimum absolute atomic E-state index is 0.00135. The molecule has 25 heavy (non-hydrogen) atoms. The van der Waals surface area contributed by atoms with Gasteiger partial charge in [-0.15, -0.1) is 0 Å². The van der Waals surface area contributed by atoms with Gasteiger partial charge in [-0.3, -0.25) is 0 Å². The van der Waals surface area contributed by atoms with Crippen molar-refractivity contribution >= 4 is 14.8 Å². The molecule has 0 unspecified atom stereocenters. The van der Waals surface area contributed by atoms with Crippen molar-refractivity contribution in [3.05, 3.63) is 27.6 Å². The van der Waals surface area contributed by atoms with E-state index < -0.39 is 21.2 Å². The van der Waals surface area contributed by atoms with Crippen molar-refractivity contribution in [1.82, 2.24) is 9.55 Å². The summed E-state index contributed by atoms with van der Waals surface area (Å²) in [5.74, 6) is 1.80. The third kappa shape index (κ3) is 4.42. The second-order valence-electron chi connectivity index (χ2n) is 7.79. The molecule has 1 fully saturated rings. The molecule has 2 heterocycles. The molecule has 0 spiro atoms. The van der Waals surface area contributed by atoms with Crippen LogP contribution in [0.1, 0.15) is 52.8 Å². The molecule has 0 aliphatic carbocycles. The van der Waals surface area contributed by atoms with Crippen LogP contribution < -0.4 is 21.2 Å². The van der Waals surface area contributed by atoms with Crippen LogP contribution >= 0.6 is 0 Å². The van der Waals surface area contributed by atoms with Gasteiger partial charge >= 0.3 is 161 Å². The van der Waals surface area contributed by atoms with E-state index in [9.17, 15) is 4.79 Å². The van der Waals surface area contributed by atoms with Crippen molar-refractivity contribution < 1.29 is 30.7 Å². The Hall–Kier alpha value is -0.950. The van der Waals surface area contributed by atoms with E-state index in [4.69, 9.17) is 9.72 Å². The Balaban J connectivity index is 1.98. The van der Waals surface area contributed by atoms with Crippen LogP contribution in [0.15, 0.2) is 18.2 Å². The molecule has 1 saturated heterocycles. The number of aromatic nitrogens is 2. The number of fused-ring (bicyclic) bond motifs is 1. The Morgan fingerprint density at radius 2 is 2.04 bits per heavy atom. The molecule has 1 aromatic carbocycles. The molecule has 5 heteroatoms. The Bertz CT molecular complexity index is 755.